The molecule has 0 aliphatic rings. The fourth-order valence-corrected chi connectivity index (χ4v) is 3.39. The zero-order valence-corrected chi connectivity index (χ0v) is 17.9. The molecular formula is C26H19N5O3. The summed E-state index contributed by atoms with van der Waals surface area (Å²) < 4.78 is 1.73. The van der Waals surface area contributed by atoms with Crippen molar-refractivity contribution < 1.29 is 14.7 Å². The first-order valence-corrected chi connectivity index (χ1v) is 10.3. The van der Waals surface area contributed by atoms with Crippen molar-refractivity contribution in [2.45, 2.75) is 6.54 Å². The molecule has 0 saturated heterocycles. The van der Waals surface area contributed by atoms with E-state index in [1.807, 2.05) is 42.5 Å². The third-order valence-corrected chi connectivity index (χ3v) is 4.98. The van der Waals surface area contributed by atoms with E-state index in [2.05, 4.69) is 15.4 Å². The summed E-state index contributed by atoms with van der Waals surface area (Å²) in [6, 6.07) is 21.3. The molecule has 4 aromatic rings. The van der Waals surface area contributed by atoms with Gasteiger partial charge in [-0.25, -0.2) is 4.79 Å². The van der Waals surface area contributed by atoms with Crippen LogP contribution in [-0.2, 0) is 11.3 Å². The number of nitriles is 1. The first-order valence-electron chi connectivity index (χ1n) is 10.3. The molecule has 8 heteroatoms. The third kappa shape index (κ3) is 5.06. The molecule has 0 bridgehead atoms. The average molecular weight is 449 g/mol. The lowest BCUT2D eigenvalue weighted by molar-refractivity contribution is -0.112. The molecule has 2 heterocycles. The standard InChI is InChI=1S/C26H19N5O3/c27-14-20(25(32)29-23-11-5-4-10-22(23)26(33)34)13-21-17-31(16-18-7-2-1-3-8-18)30-24(21)19-9-6-12-28-15-19/h1-13,15,17H,16H2,(H,29,32)(H,33,34)/b20-13+. The number of pyridine rings is 1. The van der Waals surface area contributed by atoms with Gasteiger partial charge < -0.3 is 10.4 Å². The Bertz CT molecular complexity index is 1400. The van der Waals surface area contributed by atoms with E-state index in [0.717, 1.165) is 11.1 Å². The fraction of sp³-hybridized carbons (Fsp3) is 0.0385. The second kappa shape index (κ2) is 10.1. The number of carboxylic acids is 1. The molecule has 2 N–H and O–H groups in total. The monoisotopic (exact) mass is 449 g/mol. The van der Waals surface area contributed by atoms with Crippen LogP contribution in [0.3, 0.4) is 0 Å². The van der Waals surface area contributed by atoms with Gasteiger partial charge in [-0.15, -0.1) is 0 Å². The van der Waals surface area contributed by atoms with Gasteiger partial charge in [0.2, 0.25) is 0 Å². The van der Waals surface area contributed by atoms with E-state index in [0.29, 0.717) is 17.8 Å². The maximum absolute atomic E-state index is 12.8. The molecule has 0 unspecified atom stereocenters. The summed E-state index contributed by atoms with van der Waals surface area (Å²) in [4.78, 5) is 28.4. The highest BCUT2D eigenvalue weighted by atomic mass is 16.4. The zero-order valence-electron chi connectivity index (χ0n) is 17.9. The van der Waals surface area contributed by atoms with Crippen molar-refractivity contribution in [2.75, 3.05) is 5.32 Å². The Hall–Kier alpha value is -5.03. The van der Waals surface area contributed by atoms with Gasteiger partial charge in [-0.3, -0.25) is 14.5 Å². The number of benzene rings is 2. The van der Waals surface area contributed by atoms with Crippen LogP contribution in [0, 0.1) is 11.3 Å². The number of carboxylic acid groups (broad SMARTS) is 1. The average Bonchev–Trinajstić information content (AvgIpc) is 3.26. The Kier molecular flexibility index (Phi) is 6.56. The van der Waals surface area contributed by atoms with Gasteiger partial charge in [0.05, 0.1) is 17.8 Å². The molecule has 0 radical (unpaired) electrons. The van der Waals surface area contributed by atoms with E-state index in [9.17, 15) is 20.0 Å². The molecule has 1 amide bonds. The van der Waals surface area contributed by atoms with Crippen molar-refractivity contribution in [3.05, 3.63) is 108 Å². The van der Waals surface area contributed by atoms with Gasteiger partial charge in [0, 0.05) is 29.7 Å². The van der Waals surface area contributed by atoms with Gasteiger partial charge >= 0.3 is 5.97 Å². The van der Waals surface area contributed by atoms with E-state index >= 15 is 0 Å². The number of hydrogen-bond donors (Lipinski definition) is 2. The Morgan fingerprint density at radius 2 is 1.82 bits per heavy atom. The lowest BCUT2D eigenvalue weighted by Gasteiger charge is -2.07. The molecule has 0 fully saturated rings. The van der Waals surface area contributed by atoms with Crippen LogP contribution < -0.4 is 5.32 Å². The zero-order chi connectivity index (χ0) is 23.9. The van der Waals surface area contributed by atoms with Gasteiger partial charge in [-0.1, -0.05) is 42.5 Å². The molecule has 0 aliphatic heterocycles. The molecule has 166 valence electrons. The molecule has 4 rings (SSSR count). The molecule has 8 nitrogen and oxygen atoms in total. The summed E-state index contributed by atoms with van der Waals surface area (Å²) >= 11 is 0. The van der Waals surface area contributed by atoms with E-state index in [1.165, 1.54) is 18.2 Å². The number of para-hydroxylation sites is 1. The van der Waals surface area contributed by atoms with Crippen molar-refractivity contribution in [1.29, 1.82) is 5.26 Å². The van der Waals surface area contributed by atoms with E-state index in [4.69, 9.17) is 0 Å². The number of carbonyl (C=O) groups is 2. The number of rotatable bonds is 7. The van der Waals surface area contributed by atoms with Crippen LogP contribution in [-0.4, -0.2) is 31.7 Å². The second-order valence-electron chi connectivity index (χ2n) is 7.33. The van der Waals surface area contributed by atoms with E-state index < -0.39 is 11.9 Å². The van der Waals surface area contributed by atoms with Gasteiger partial charge in [0.25, 0.3) is 5.91 Å². The number of nitrogens with zero attached hydrogens (tertiary/aromatic N) is 4. The lowest BCUT2D eigenvalue weighted by atomic mass is 10.1. The van der Waals surface area contributed by atoms with Crippen LogP contribution in [0.4, 0.5) is 5.69 Å². The third-order valence-electron chi connectivity index (χ3n) is 4.98. The number of hydrogen-bond acceptors (Lipinski definition) is 5. The van der Waals surface area contributed by atoms with Gasteiger partial charge in [0.15, 0.2) is 0 Å². The Balaban J connectivity index is 1.70. The molecular weight excluding hydrogens is 430 g/mol. The van der Waals surface area contributed by atoms with Crippen LogP contribution in [0.5, 0.6) is 0 Å². The maximum atomic E-state index is 12.8. The summed E-state index contributed by atoms with van der Waals surface area (Å²) in [6.45, 7) is 0.502. The lowest BCUT2D eigenvalue weighted by Crippen LogP contribution is -2.16. The number of aromatic carboxylic acids is 1. The van der Waals surface area contributed by atoms with Crippen LogP contribution in [0.25, 0.3) is 17.3 Å². The summed E-state index contributed by atoms with van der Waals surface area (Å²) in [5.74, 6) is -1.90. The largest absolute Gasteiger partial charge is 0.478 e. The van der Waals surface area contributed by atoms with Crippen LogP contribution in [0.15, 0.2) is 90.9 Å². The maximum Gasteiger partial charge on any atom is 0.337 e. The molecule has 0 aliphatic carbocycles. The SMILES string of the molecule is N#C/C(=C\c1cn(Cc2ccccc2)nc1-c1cccnc1)C(=O)Nc1ccccc1C(=O)O. The summed E-state index contributed by atoms with van der Waals surface area (Å²) in [6.07, 6.45) is 6.50. The number of anilines is 1. The Morgan fingerprint density at radius 1 is 1.06 bits per heavy atom. The van der Waals surface area contributed by atoms with Crippen LogP contribution in [0.2, 0.25) is 0 Å². The predicted molar refractivity (Wildman–Crippen MR) is 127 cm³/mol. The first-order chi connectivity index (χ1) is 16.5. The molecule has 0 spiro atoms. The van der Waals surface area contributed by atoms with Crippen molar-refractivity contribution in [2.24, 2.45) is 0 Å². The number of carbonyl (C=O) groups excluding carboxylic acids is 1. The molecule has 2 aromatic carbocycles. The van der Waals surface area contributed by atoms with Gasteiger partial charge in [-0.05, 0) is 35.9 Å². The number of amides is 1. The highest BCUT2D eigenvalue weighted by Crippen LogP contribution is 2.25. The summed E-state index contributed by atoms with van der Waals surface area (Å²) in [5.41, 5.74) is 2.74. The van der Waals surface area contributed by atoms with Crippen LogP contribution >= 0.6 is 0 Å². The van der Waals surface area contributed by atoms with E-state index in [1.54, 1.807) is 41.5 Å². The first kappa shape index (κ1) is 22.2. The van der Waals surface area contributed by atoms with Crippen molar-refractivity contribution >= 4 is 23.6 Å². The quantitative estimate of drug-likeness (QED) is 0.322. The summed E-state index contributed by atoms with van der Waals surface area (Å²) in [7, 11) is 0. The Labute approximate surface area is 195 Å². The summed E-state index contributed by atoms with van der Waals surface area (Å²) in [5, 5.41) is 26.2. The molecule has 0 saturated carbocycles. The smallest absolute Gasteiger partial charge is 0.337 e. The number of nitrogens with one attached hydrogen (secondary N) is 1. The normalized spacial score (nSPS) is 11.0. The minimum Gasteiger partial charge on any atom is -0.478 e. The van der Waals surface area contributed by atoms with Crippen LogP contribution in [0.1, 0.15) is 21.5 Å². The number of aromatic nitrogens is 3. The topological polar surface area (TPSA) is 121 Å². The fourth-order valence-electron chi connectivity index (χ4n) is 3.39. The van der Waals surface area contributed by atoms with Crippen molar-refractivity contribution in [1.82, 2.24) is 14.8 Å². The predicted octanol–water partition coefficient (Wildman–Crippen LogP) is 4.24. The molecule has 0 atom stereocenters. The minimum absolute atomic E-state index is 0.0696. The van der Waals surface area contributed by atoms with Crippen molar-refractivity contribution in [3.63, 3.8) is 0 Å². The highest BCUT2D eigenvalue weighted by Gasteiger charge is 2.17. The van der Waals surface area contributed by atoms with E-state index in [-0.39, 0.29) is 16.8 Å². The van der Waals surface area contributed by atoms with Gasteiger partial charge in [0.1, 0.15) is 17.3 Å². The minimum atomic E-state index is -1.18. The Morgan fingerprint density at radius 3 is 2.53 bits per heavy atom. The van der Waals surface area contributed by atoms with Gasteiger partial charge in [-0.2, -0.15) is 10.4 Å². The molecule has 34 heavy (non-hydrogen) atoms. The molecule has 2 aromatic heterocycles. The highest BCUT2D eigenvalue weighted by molar-refractivity contribution is 6.12. The second-order valence-corrected chi connectivity index (χ2v) is 7.33. The van der Waals surface area contributed by atoms with Crippen molar-refractivity contribution in [3.8, 4) is 17.3 Å².